The van der Waals surface area contributed by atoms with Crippen LogP contribution in [0.15, 0.2) is 24.8 Å². The van der Waals surface area contributed by atoms with Crippen LogP contribution in [0, 0.1) is 0 Å². The molecule has 1 rings (SSSR count). The van der Waals surface area contributed by atoms with Gasteiger partial charge >= 0.3 is 0 Å². The van der Waals surface area contributed by atoms with Gasteiger partial charge in [-0.05, 0) is 19.0 Å². The SMILES string of the molecule is C=CCC(NCC)c1cc(OC)c(OC)cc1OC. The van der Waals surface area contributed by atoms with Crippen LogP contribution in [0.3, 0.4) is 0 Å². The van der Waals surface area contributed by atoms with Crippen LogP contribution in [0.2, 0.25) is 0 Å². The number of benzene rings is 1. The normalized spacial score (nSPS) is 11.8. The van der Waals surface area contributed by atoms with Gasteiger partial charge < -0.3 is 19.5 Å². The Hall–Kier alpha value is -1.68. The molecule has 19 heavy (non-hydrogen) atoms. The summed E-state index contributed by atoms with van der Waals surface area (Å²) in [4.78, 5) is 0. The highest BCUT2D eigenvalue weighted by Gasteiger charge is 2.18. The smallest absolute Gasteiger partial charge is 0.164 e. The molecule has 0 heterocycles. The first-order valence-electron chi connectivity index (χ1n) is 6.35. The predicted molar refractivity (Wildman–Crippen MR) is 77.3 cm³/mol. The Morgan fingerprint density at radius 2 is 1.68 bits per heavy atom. The van der Waals surface area contributed by atoms with Crippen molar-refractivity contribution >= 4 is 0 Å². The van der Waals surface area contributed by atoms with Gasteiger partial charge in [-0.1, -0.05) is 13.0 Å². The maximum absolute atomic E-state index is 5.45. The summed E-state index contributed by atoms with van der Waals surface area (Å²) in [6.07, 6.45) is 2.71. The second-order valence-electron chi connectivity index (χ2n) is 4.08. The summed E-state index contributed by atoms with van der Waals surface area (Å²) in [5.74, 6) is 2.15. The van der Waals surface area contributed by atoms with Crippen LogP contribution in [0.4, 0.5) is 0 Å². The monoisotopic (exact) mass is 265 g/mol. The van der Waals surface area contributed by atoms with Gasteiger partial charge in [0.2, 0.25) is 0 Å². The minimum atomic E-state index is 0.150. The van der Waals surface area contributed by atoms with Crippen LogP contribution in [-0.2, 0) is 0 Å². The minimum absolute atomic E-state index is 0.150. The Morgan fingerprint density at radius 3 is 2.16 bits per heavy atom. The molecule has 4 nitrogen and oxygen atoms in total. The molecule has 0 aliphatic carbocycles. The average molecular weight is 265 g/mol. The summed E-state index contributed by atoms with van der Waals surface area (Å²) < 4.78 is 16.1. The largest absolute Gasteiger partial charge is 0.496 e. The molecule has 1 N–H and O–H groups in total. The van der Waals surface area contributed by atoms with Crippen LogP contribution in [0.5, 0.6) is 17.2 Å². The highest BCUT2D eigenvalue weighted by Crippen LogP contribution is 2.38. The zero-order valence-corrected chi connectivity index (χ0v) is 12.2. The van der Waals surface area contributed by atoms with Crippen molar-refractivity contribution in [3.05, 3.63) is 30.4 Å². The first-order chi connectivity index (χ1) is 9.21. The van der Waals surface area contributed by atoms with E-state index < -0.39 is 0 Å². The van der Waals surface area contributed by atoms with E-state index >= 15 is 0 Å². The van der Waals surface area contributed by atoms with E-state index in [-0.39, 0.29) is 6.04 Å². The van der Waals surface area contributed by atoms with E-state index in [0.717, 1.165) is 24.3 Å². The lowest BCUT2D eigenvalue weighted by Gasteiger charge is -2.21. The standard InChI is InChI=1S/C15H23NO3/c1-6-8-12(16-7-2)11-9-14(18-4)15(19-5)10-13(11)17-3/h6,9-10,12,16H,1,7-8H2,2-5H3. The fraction of sp³-hybridized carbons (Fsp3) is 0.467. The fourth-order valence-electron chi connectivity index (χ4n) is 2.06. The van der Waals surface area contributed by atoms with Gasteiger partial charge in [0.25, 0.3) is 0 Å². The summed E-state index contributed by atoms with van der Waals surface area (Å²) >= 11 is 0. The molecule has 106 valence electrons. The highest BCUT2D eigenvalue weighted by atomic mass is 16.5. The number of hydrogen-bond acceptors (Lipinski definition) is 4. The van der Waals surface area contributed by atoms with Crippen molar-refractivity contribution in [3.8, 4) is 17.2 Å². The lowest BCUT2D eigenvalue weighted by Crippen LogP contribution is -2.21. The Morgan fingerprint density at radius 1 is 1.11 bits per heavy atom. The van der Waals surface area contributed by atoms with Crippen LogP contribution >= 0.6 is 0 Å². The quantitative estimate of drug-likeness (QED) is 0.734. The summed E-state index contributed by atoms with van der Waals surface area (Å²) in [5, 5.41) is 3.42. The van der Waals surface area contributed by atoms with E-state index in [0.29, 0.717) is 11.5 Å². The number of methoxy groups -OCH3 is 3. The molecule has 0 radical (unpaired) electrons. The molecule has 1 aromatic carbocycles. The van der Waals surface area contributed by atoms with Gasteiger partial charge in [-0.2, -0.15) is 0 Å². The lowest BCUT2D eigenvalue weighted by atomic mass is 10.0. The average Bonchev–Trinajstić information content (AvgIpc) is 2.45. The third-order valence-corrected chi connectivity index (χ3v) is 2.96. The molecule has 0 aliphatic rings. The maximum atomic E-state index is 5.45. The van der Waals surface area contributed by atoms with Crippen LogP contribution in [0.25, 0.3) is 0 Å². The molecule has 0 aliphatic heterocycles. The lowest BCUT2D eigenvalue weighted by molar-refractivity contribution is 0.345. The molecule has 0 bridgehead atoms. The van der Waals surface area contributed by atoms with Crippen molar-refractivity contribution in [3.63, 3.8) is 0 Å². The van der Waals surface area contributed by atoms with Crippen molar-refractivity contribution in [1.29, 1.82) is 0 Å². The predicted octanol–water partition coefficient (Wildman–Crippen LogP) is 2.94. The third-order valence-electron chi connectivity index (χ3n) is 2.96. The molecular weight excluding hydrogens is 242 g/mol. The Labute approximate surface area is 115 Å². The molecule has 0 saturated carbocycles. The Kier molecular flexibility index (Phi) is 6.22. The number of nitrogens with one attached hydrogen (secondary N) is 1. The van der Waals surface area contributed by atoms with Gasteiger partial charge in [-0.15, -0.1) is 6.58 Å². The highest BCUT2D eigenvalue weighted by molar-refractivity contribution is 5.52. The molecule has 0 aromatic heterocycles. The topological polar surface area (TPSA) is 39.7 Å². The first kappa shape index (κ1) is 15.4. The summed E-state index contributed by atoms with van der Waals surface area (Å²) in [7, 11) is 4.90. The van der Waals surface area contributed by atoms with Gasteiger partial charge in [0.05, 0.1) is 21.3 Å². The van der Waals surface area contributed by atoms with E-state index in [1.54, 1.807) is 21.3 Å². The molecule has 1 atom stereocenters. The van der Waals surface area contributed by atoms with Gasteiger partial charge in [0.15, 0.2) is 11.5 Å². The van der Waals surface area contributed by atoms with Crippen LogP contribution in [0.1, 0.15) is 24.9 Å². The Balaban J connectivity index is 3.25. The van der Waals surface area contributed by atoms with Crippen LogP contribution < -0.4 is 19.5 Å². The number of hydrogen-bond donors (Lipinski definition) is 1. The zero-order valence-electron chi connectivity index (χ0n) is 12.2. The Bertz CT molecular complexity index is 418. The van der Waals surface area contributed by atoms with E-state index in [1.807, 2.05) is 18.2 Å². The number of ether oxygens (including phenoxy) is 3. The van der Waals surface area contributed by atoms with Crippen LogP contribution in [-0.4, -0.2) is 27.9 Å². The minimum Gasteiger partial charge on any atom is -0.496 e. The third kappa shape index (κ3) is 3.64. The van der Waals surface area contributed by atoms with Crippen molar-refractivity contribution in [1.82, 2.24) is 5.32 Å². The van der Waals surface area contributed by atoms with E-state index in [9.17, 15) is 0 Å². The maximum Gasteiger partial charge on any atom is 0.164 e. The van der Waals surface area contributed by atoms with Gasteiger partial charge in [0.1, 0.15) is 5.75 Å². The molecule has 0 fully saturated rings. The molecule has 1 aromatic rings. The van der Waals surface area contributed by atoms with Crippen molar-refractivity contribution in [2.24, 2.45) is 0 Å². The summed E-state index contributed by atoms with van der Waals surface area (Å²) in [6, 6.07) is 3.95. The summed E-state index contributed by atoms with van der Waals surface area (Å²) in [5.41, 5.74) is 1.04. The van der Waals surface area contributed by atoms with E-state index in [4.69, 9.17) is 14.2 Å². The van der Waals surface area contributed by atoms with E-state index in [1.165, 1.54) is 0 Å². The molecule has 4 heteroatoms. The van der Waals surface area contributed by atoms with E-state index in [2.05, 4.69) is 18.8 Å². The van der Waals surface area contributed by atoms with Crippen molar-refractivity contribution in [2.45, 2.75) is 19.4 Å². The van der Waals surface area contributed by atoms with Crippen molar-refractivity contribution < 1.29 is 14.2 Å². The number of rotatable bonds is 8. The fourth-order valence-corrected chi connectivity index (χ4v) is 2.06. The molecule has 0 amide bonds. The van der Waals surface area contributed by atoms with Gasteiger partial charge in [0, 0.05) is 17.7 Å². The molecule has 1 unspecified atom stereocenters. The molecule has 0 spiro atoms. The zero-order chi connectivity index (χ0) is 14.3. The molecule has 0 saturated heterocycles. The molecular formula is C15H23NO3. The van der Waals surface area contributed by atoms with Crippen molar-refractivity contribution in [2.75, 3.05) is 27.9 Å². The second kappa shape index (κ2) is 7.69. The van der Waals surface area contributed by atoms with Gasteiger partial charge in [-0.3, -0.25) is 0 Å². The summed E-state index contributed by atoms with van der Waals surface area (Å²) in [6.45, 7) is 6.75. The van der Waals surface area contributed by atoms with Gasteiger partial charge in [-0.25, -0.2) is 0 Å². The first-order valence-corrected chi connectivity index (χ1v) is 6.35. The second-order valence-corrected chi connectivity index (χ2v) is 4.08.